The molecular weight excluding hydrogens is 219 g/mol. The minimum Gasteiger partial charge on any atom is -0.494 e. The fraction of sp³-hybridized carbons (Fsp3) is 0.538. The number of likely N-dealkylation sites (N-methyl/N-ethyl adjacent to an activating group) is 1. The number of rotatable bonds is 4. The summed E-state index contributed by atoms with van der Waals surface area (Å²) in [4.78, 5) is 2.07. The first-order chi connectivity index (χ1) is 8.20. The Labute approximate surface area is 102 Å². The highest BCUT2D eigenvalue weighted by Crippen LogP contribution is 2.23. The second kappa shape index (κ2) is 5.36. The third kappa shape index (κ3) is 2.88. The fourth-order valence-corrected chi connectivity index (χ4v) is 2.24. The third-order valence-corrected chi connectivity index (χ3v) is 3.23. The number of nitrogens with one attached hydrogen (secondary N) is 1. The van der Waals surface area contributed by atoms with Crippen molar-refractivity contribution in [3.63, 3.8) is 0 Å². The van der Waals surface area contributed by atoms with Crippen LogP contribution in [0.15, 0.2) is 18.2 Å². The van der Waals surface area contributed by atoms with Gasteiger partial charge in [0.25, 0.3) is 0 Å². The highest BCUT2D eigenvalue weighted by Gasteiger charge is 2.16. The molecule has 94 valence electrons. The molecule has 0 amide bonds. The van der Waals surface area contributed by atoms with E-state index in [-0.39, 0.29) is 5.82 Å². The summed E-state index contributed by atoms with van der Waals surface area (Å²) in [6.07, 6.45) is 2.43. The van der Waals surface area contributed by atoms with E-state index in [0.717, 1.165) is 18.8 Å². The minimum atomic E-state index is -0.309. The Kier molecular flexibility index (Phi) is 3.84. The van der Waals surface area contributed by atoms with Gasteiger partial charge >= 0.3 is 0 Å². The van der Waals surface area contributed by atoms with E-state index >= 15 is 0 Å². The van der Waals surface area contributed by atoms with Crippen LogP contribution in [0, 0.1) is 5.82 Å². The lowest BCUT2D eigenvalue weighted by Crippen LogP contribution is -2.35. The molecule has 2 rings (SSSR count). The van der Waals surface area contributed by atoms with Gasteiger partial charge in [0.15, 0.2) is 11.6 Å². The van der Waals surface area contributed by atoms with Gasteiger partial charge < -0.3 is 15.0 Å². The first kappa shape index (κ1) is 12.2. The summed E-state index contributed by atoms with van der Waals surface area (Å²) in [5.74, 6) is -0.0163. The smallest absolute Gasteiger partial charge is 0.167 e. The molecule has 17 heavy (non-hydrogen) atoms. The van der Waals surface area contributed by atoms with Crippen molar-refractivity contribution < 1.29 is 9.13 Å². The van der Waals surface area contributed by atoms with Crippen LogP contribution >= 0.6 is 0 Å². The molecule has 0 bridgehead atoms. The van der Waals surface area contributed by atoms with Gasteiger partial charge in [-0.2, -0.15) is 0 Å². The van der Waals surface area contributed by atoms with Gasteiger partial charge in [0.1, 0.15) is 0 Å². The van der Waals surface area contributed by atoms with Gasteiger partial charge in [0.05, 0.1) is 7.11 Å². The number of ether oxygens (including phenoxy) is 1. The molecular formula is C13H19FN2O. The Bertz CT molecular complexity index is 378. The maximum Gasteiger partial charge on any atom is 0.167 e. The molecule has 1 aliphatic rings. The second-order valence-corrected chi connectivity index (χ2v) is 4.49. The van der Waals surface area contributed by atoms with E-state index in [1.807, 2.05) is 13.1 Å². The Morgan fingerprint density at radius 2 is 2.35 bits per heavy atom. The van der Waals surface area contributed by atoms with E-state index in [1.165, 1.54) is 26.0 Å². The lowest BCUT2D eigenvalue weighted by atomic mass is 10.2. The summed E-state index contributed by atoms with van der Waals surface area (Å²) in [7, 11) is 3.46. The number of methoxy groups -OCH3 is 1. The molecule has 0 aliphatic carbocycles. The van der Waals surface area contributed by atoms with Crippen molar-refractivity contribution in [1.29, 1.82) is 0 Å². The molecule has 1 atom stereocenters. The van der Waals surface area contributed by atoms with Crippen LogP contribution in [-0.2, 0) is 0 Å². The molecule has 1 aromatic carbocycles. The highest BCUT2D eigenvalue weighted by molar-refractivity contribution is 5.49. The van der Waals surface area contributed by atoms with Crippen molar-refractivity contribution in [2.24, 2.45) is 0 Å². The van der Waals surface area contributed by atoms with Crippen molar-refractivity contribution in [2.45, 2.75) is 18.9 Å². The number of hydrogen-bond donors (Lipinski definition) is 1. The van der Waals surface area contributed by atoms with Crippen molar-refractivity contribution >= 4 is 5.69 Å². The van der Waals surface area contributed by atoms with Gasteiger partial charge in [-0.05, 0) is 31.5 Å². The van der Waals surface area contributed by atoms with Gasteiger partial charge in [-0.3, -0.25) is 0 Å². The van der Waals surface area contributed by atoms with E-state index in [0.29, 0.717) is 11.8 Å². The van der Waals surface area contributed by atoms with Gasteiger partial charge in [0, 0.05) is 31.4 Å². The Morgan fingerprint density at radius 3 is 2.94 bits per heavy atom. The summed E-state index contributed by atoms with van der Waals surface area (Å²) < 4.78 is 18.5. The first-order valence-corrected chi connectivity index (χ1v) is 5.99. The summed E-state index contributed by atoms with van der Waals surface area (Å²) in [6, 6.07) is 5.60. The van der Waals surface area contributed by atoms with Crippen LogP contribution in [0.25, 0.3) is 0 Å². The van der Waals surface area contributed by atoms with E-state index in [4.69, 9.17) is 4.74 Å². The van der Waals surface area contributed by atoms with Crippen LogP contribution in [-0.4, -0.2) is 33.3 Å². The average molecular weight is 238 g/mol. The zero-order valence-electron chi connectivity index (χ0n) is 10.4. The quantitative estimate of drug-likeness (QED) is 0.868. The molecule has 0 radical (unpaired) electrons. The summed E-state index contributed by atoms with van der Waals surface area (Å²) in [6.45, 7) is 2.00. The van der Waals surface area contributed by atoms with Crippen molar-refractivity contribution in [1.82, 2.24) is 5.32 Å². The van der Waals surface area contributed by atoms with Crippen LogP contribution in [0.1, 0.15) is 12.8 Å². The third-order valence-electron chi connectivity index (χ3n) is 3.23. The van der Waals surface area contributed by atoms with E-state index in [9.17, 15) is 4.39 Å². The molecule has 0 saturated carbocycles. The predicted molar refractivity (Wildman–Crippen MR) is 67.2 cm³/mol. The zero-order chi connectivity index (χ0) is 12.3. The maximum absolute atomic E-state index is 13.6. The van der Waals surface area contributed by atoms with Crippen molar-refractivity contribution in [3.05, 3.63) is 24.0 Å². The largest absolute Gasteiger partial charge is 0.494 e. The van der Waals surface area contributed by atoms with E-state index in [1.54, 1.807) is 6.07 Å². The molecule has 0 spiro atoms. The number of benzene rings is 1. The average Bonchev–Trinajstić information content (AvgIpc) is 2.81. The number of anilines is 1. The fourth-order valence-electron chi connectivity index (χ4n) is 2.24. The topological polar surface area (TPSA) is 24.5 Å². The van der Waals surface area contributed by atoms with Crippen molar-refractivity contribution in [2.75, 3.05) is 32.1 Å². The van der Waals surface area contributed by atoms with E-state index < -0.39 is 0 Å². The zero-order valence-corrected chi connectivity index (χ0v) is 10.4. The molecule has 1 aromatic rings. The van der Waals surface area contributed by atoms with Gasteiger partial charge in [-0.15, -0.1) is 0 Å². The molecule has 1 N–H and O–H groups in total. The Hall–Kier alpha value is -1.29. The Morgan fingerprint density at radius 1 is 1.53 bits per heavy atom. The molecule has 1 fully saturated rings. The molecule has 1 aliphatic heterocycles. The van der Waals surface area contributed by atoms with Crippen LogP contribution < -0.4 is 15.0 Å². The molecule has 1 saturated heterocycles. The number of halogens is 1. The normalized spacial score (nSPS) is 19.4. The van der Waals surface area contributed by atoms with Gasteiger partial charge in [-0.25, -0.2) is 4.39 Å². The van der Waals surface area contributed by atoms with Gasteiger partial charge in [0.2, 0.25) is 0 Å². The first-order valence-electron chi connectivity index (χ1n) is 5.99. The maximum atomic E-state index is 13.6. The molecule has 0 aromatic heterocycles. The van der Waals surface area contributed by atoms with Crippen LogP contribution in [0.5, 0.6) is 5.75 Å². The molecule has 1 unspecified atom stereocenters. The standard InChI is InChI=1S/C13H19FN2O/c1-16(9-10-4-3-7-15-10)11-5-6-13(17-2)12(14)8-11/h5-6,8,10,15H,3-4,7,9H2,1-2H3. The Balaban J connectivity index is 2.02. The van der Waals surface area contributed by atoms with E-state index in [2.05, 4.69) is 10.2 Å². The highest BCUT2D eigenvalue weighted by atomic mass is 19.1. The monoisotopic (exact) mass is 238 g/mol. The second-order valence-electron chi connectivity index (χ2n) is 4.49. The minimum absolute atomic E-state index is 0.293. The molecule has 1 heterocycles. The number of hydrogen-bond acceptors (Lipinski definition) is 3. The summed E-state index contributed by atoms with van der Waals surface area (Å²) in [5.41, 5.74) is 0.886. The van der Waals surface area contributed by atoms with Crippen LogP contribution in [0.4, 0.5) is 10.1 Å². The lowest BCUT2D eigenvalue weighted by molar-refractivity contribution is 0.386. The van der Waals surface area contributed by atoms with Gasteiger partial charge in [-0.1, -0.05) is 0 Å². The molecule has 3 nitrogen and oxygen atoms in total. The lowest BCUT2D eigenvalue weighted by Gasteiger charge is -2.23. The van der Waals surface area contributed by atoms with Crippen molar-refractivity contribution in [3.8, 4) is 5.75 Å². The molecule has 4 heteroatoms. The van der Waals surface area contributed by atoms with Crippen LogP contribution in [0.2, 0.25) is 0 Å². The number of nitrogens with zero attached hydrogens (tertiary/aromatic N) is 1. The SMILES string of the molecule is COc1ccc(N(C)CC2CCCN2)cc1F. The summed E-state index contributed by atoms with van der Waals surface area (Å²) in [5, 5.41) is 3.43. The predicted octanol–water partition coefficient (Wildman–Crippen LogP) is 2.02. The summed E-state index contributed by atoms with van der Waals surface area (Å²) >= 11 is 0. The van der Waals surface area contributed by atoms with Crippen LogP contribution in [0.3, 0.4) is 0 Å².